The lowest BCUT2D eigenvalue weighted by atomic mass is 10.1. The Morgan fingerprint density at radius 2 is 1.76 bits per heavy atom. The third kappa shape index (κ3) is 3.55. The number of aryl methyl sites for hydroxylation is 1. The van der Waals surface area contributed by atoms with E-state index in [1.807, 2.05) is 12.1 Å². The Kier molecular flexibility index (Phi) is 4.83. The highest BCUT2D eigenvalue weighted by Gasteiger charge is 2.22. The van der Waals surface area contributed by atoms with E-state index in [1.54, 1.807) is 26.4 Å². The molecule has 0 atom stereocenters. The van der Waals surface area contributed by atoms with E-state index in [1.165, 1.54) is 12.1 Å². The van der Waals surface area contributed by atoms with Crippen LogP contribution < -0.4 is 9.47 Å². The summed E-state index contributed by atoms with van der Waals surface area (Å²) in [6, 6.07) is 10.1. The number of benzene rings is 2. The molecular formula is C18H18N2O5. The van der Waals surface area contributed by atoms with Crippen molar-refractivity contribution in [1.29, 1.82) is 0 Å². The molecule has 0 heterocycles. The minimum atomic E-state index is -0.429. The lowest BCUT2D eigenvalue weighted by Crippen LogP contribution is -1.99. The summed E-state index contributed by atoms with van der Waals surface area (Å²) in [5.74, 6) is 1.36. The molecule has 0 aliphatic heterocycles. The third-order valence-corrected chi connectivity index (χ3v) is 4.10. The van der Waals surface area contributed by atoms with E-state index in [0.29, 0.717) is 11.5 Å². The van der Waals surface area contributed by atoms with E-state index in [9.17, 15) is 10.1 Å². The van der Waals surface area contributed by atoms with Crippen LogP contribution in [-0.4, -0.2) is 24.9 Å². The summed E-state index contributed by atoms with van der Waals surface area (Å²) in [4.78, 5) is 15.7. The van der Waals surface area contributed by atoms with Crippen molar-refractivity contribution < 1.29 is 19.2 Å². The largest absolute Gasteiger partial charge is 0.493 e. The van der Waals surface area contributed by atoms with Crippen LogP contribution in [0, 0.1) is 10.1 Å². The molecule has 0 aromatic heterocycles. The van der Waals surface area contributed by atoms with Gasteiger partial charge < -0.3 is 14.3 Å². The number of nitrogens with zero attached hydrogens (tertiary/aromatic N) is 2. The van der Waals surface area contributed by atoms with Gasteiger partial charge in [0.15, 0.2) is 11.5 Å². The minimum absolute atomic E-state index is 0.0563. The van der Waals surface area contributed by atoms with Crippen molar-refractivity contribution in [2.45, 2.75) is 19.4 Å². The number of ether oxygens (including phenoxy) is 2. The molecule has 3 rings (SSSR count). The van der Waals surface area contributed by atoms with Crippen LogP contribution in [0.3, 0.4) is 0 Å². The van der Waals surface area contributed by atoms with Gasteiger partial charge in [0.1, 0.15) is 6.61 Å². The number of nitro groups is 1. The number of hydrogen-bond acceptors (Lipinski definition) is 6. The lowest BCUT2D eigenvalue weighted by molar-refractivity contribution is -0.384. The Morgan fingerprint density at radius 3 is 2.40 bits per heavy atom. The van der Waals surface area contributed by atoms with Crippen LogP contribution in [0.5, 0.6) is 11.5 Å². The monoisotopic (exact) mass is 342 g/mol. The molecule has 0 saturated heterocycles. The molecule has 0 saturated carbocycles. The molecule has 25 heavy (non-hydrogen) atoms. The molecule has 0 amide bonds. The molecule has 2 aromatic carbocycles. The van der Waals surface area contributed by atoms with Crippen LogP contribution in [-0.2, 0) is 17.9 Å². The summed E-state index contributed by atoms with van der Waals surface area (Å²) in [6.07, 6.45) is 1.65. The second kappa shape index (κ2) is 7.21. The number of nitro benzene ring substituents is 1. The van der Waals surface area contributed by atoms with Crippen LogP contribution in [0.2, 0.25) is 0 Å². The molecule has 7 heteroatoms. The van der Waals surface area contributed by atoms with Gasteiger partial charge in [-0.15, -0.1) is 0 Å². The maximum Gasteiger partial charge on any atom is 0.269 e. The van der Waals surface area contributed by atoms with Gasteiger partial charge in [0.05, 0.1) is 24.9 Å². The number of oxime groups is 1. The first-order valence-electron chi connectivity index (χ1n) is 7.80. The topological polar surface area (TPSA) is 83.2 Å². The zero-order valence-corrected chi connectivity index (χ0v) is 14.0. The second-order valence-corrected chi connectivity index (χ2v) is 5.60. The first-order chi connectivity index (χ1) is 12.1. The number of hydrogen-bond donors (Lipinski definition) is 0. The number of non-ortho nitro benzene ring substituents is 1. The molecular weight excluding hydrogens is 324 g/mol. The zero-order chi connectivity index (χ0) is 17.8. The van der Waals surface area contributed by atoms with Crippen molar-refractivity contribution in [3.05, 3.63) is 63.2 Å². The maximum absolute atomic E-state index is 10.6. The predicted molar refractivity (Wildman–Crippen MR) is 92.3 cm³/mol. The first kappa shape index (κ1) is 16.8. The molecule has 0 N–H and O–H groups in total. The molecule has 1 aliphatic carbocycles. The standard InChI is InChI=1S/C18H18N2O5/c1-23-17-9-13-5-8-16(15(13)10-18(17)24-2)19-25-11-12-3-6-14(7-4-12)20(21)22/h3-4,6-7,9-10H,5,8,11H2,1-2H3/b19-16-. The van der Waals surface area contributed by atoms with Crippen molar-refractivity contribution in [2.75, 3.05) is 14.2 Å². The van der Waals surface area contributed by atoms with E-state index >= 15 is 0 Å². The van der Waals surface area contributed by atoms with Gasteiger partial charge in [-0.25, -0.2) is 0 Å². The smallest absolute Gasteiger partial charge is 0.269 e. The average molecular weight is 342 g/mol. The summed E-state index contributed by atoms with van der Waals surface area (Å²) in [7, 11) is 3.21. The molecule has 1 aliphatic rings. The van der Waals surface area contributed by atoms with Gasteiger partial charge in [-0.1, -0.05) is 5.16 Å². The molecule has 0 unspecified atom stereocenters. The summed E-state index contributed by atoms with van der Waals surface area (Å²) in [6.45, 7) is 0.254. The molecule has 0 fully saturated rings. The van der Waals surface area contributed by atoms with Gasteiger partial charge >= 0.3 is 0 Å². The predicted octanol–water partition coefficient (Wildman–Crippen LogP) is 3.48. The second-order valence-electron chi connectivity index (χ2n) is 5.60. The fraction of sp³-hybridized carbons (Fsp3) is 0.278. The van der Waals surface area contributed by atoms with Gasteiger partial charge in [0.25, 0.3) is 5.69 Å². The van der Waals surface area contributed by atoms with Crippen LogP contribution >= 0.6 is 0 Å². The third-order valence-electron chi connectivity index (χ3n) is 4.10. The Labute approximate surface area is 145 Å². The van der Waals surface area contributed by atoms with Gasteiger partial charge in [-0.3, -0.25) is 10.1 Å². The molecule has 2 aromatic rings. The Morgan fingerprint density at radius 1 is 1.08 bits per heavy atom. The molecule has 7 nitrogen and oxygen atoms in total. The highest BCUT2D eigenvalue weighted by atomic mass is 16.6. The lowest BCUT2D eigenvalue weighted by Gasteiger charge is -2.10. The fourth-order valence-electron chi connectivity index (χ4n) is 2.78. The van der Waals surface area contributed by atoms with Crippen LogP contribution in [0.25, 0.3) is 0 Å². The quantitative estimate of drug-likeness (QED) is 0.593. The summed E-state index contributed by atoms with van der Waals surface area (Å²) < 4.78 is 10.7. The fourth-order valence-corrected chi connectivity index (χ4v) is 2.78. The summed E-state index contributed by atoms with van der Waals surface area (Å²) >= 11 is 0. The molecule has 0 bridgehead atoms. The molecule has 0 spiro atoms. The molecule has 0 radical (unpaired) electrons. The number of methoxy groups -OCH3 is 2. The minimum Gasteiger partial charge on any atom is -0.493 e. The van der Waals surface area contributed by atoms with E-state index in [4.69, 9.17) is 14.3 Å². The van der Waals surface area contributed by atoms with Gasteiger partial charge in [0, 0.05) is 17.7 Å². The highest BCUT2D eigenvalue weighted by Crippen LogP contribution is 2.35. The van der Waals surface area contributed by atoms with Gasteiger partial charge in [-0.2, -0.15) is 0 Å². The summed E-state index contributed by atoms with van der Waals surface area (Å²) in [5.41, 5.74) is 3.89. The van der Waals surface area contributed by atoms with E-state index in [2.05, 4.69) is 5.16 Å². The van der Waals surface area contributed by atoms with E-state index in [0.717, 1.165) is 35.2 Å². The first-order valence-corrected chi connectivity index (χ1v) is 7.80. The maximum atomic E-state index is 10.6. The van der Waals surface area contributed by atoms with Crippen LogP contribution in [0.4, 0.5) is 5.69 Å². The summed E-state index contributed by atoms with van der Waals surface area (Å²) in [5, 5.41) is 14.9. The Hall–Kier alpha value is -3.09. The van der Waals surface area contributed by atoms with Crippen molar-refractivity contribution in [3.63, 3.8) is 0 Å². The van der Waals surface area contributed by atoms with E-state index < -0.39 is 4.92 Å². The van der Waals surface area contributed by atoms with Crippen LogP contribution in [0.1, 0.15) is 23.1 Å². The molecule has 130 valence electrons. The van der Waals surface area contributed by atoms with Crippen molar-refractivity contribution in [2.24, 2.45) is 5.16 Å². The number of fused-ring (bicyclic) bond motifs is 1. The normalized spacial score (nSPS) is 14.2. The average Bonchev–Trinajstić information content (AvgIpc) is 3.03. The highest BCUT2D eigenvalue weighted by molar-refractivity contribution is 6.04. The van der Waals surface area contributed by atoms with Gasteiger partial charge in [-0.05, 0) is 48.2 Å². The zero-order valence-electron chi connectivity index (χ0n) is 14.0. The number of rotatable bonds is 6. The van der Waals surface area contributed by atoms with Crippen molar-refractivity contribution >= 4 is 11.4 Å². The Balaban J connectivity index is 1.71. The Bertz CT molecular complexity index is 815. The van der Waals surface area contributed by atoms with Crippen molar-refractivity contribution in [1.82, 2.24) is 0 Å². The van der Waals surface area contributed by atoms with Crippen LogP contribution in [0.15, 0.2) is 41.6 Å². The SMILES string of the molecule is COc1cc2c(cc1OC)/C(=N\OCc1ccc([N+](=O)[O-])cc1)CC2. The van der Waals surface area contributed by atoms with Crippen molar-refractivity contribution in [3.8, 4) is 11.5 Å². The van der Waals surface area contributed by atoms with E-state index in [-0.39, 0.29) is 12.3 Å². The van der Waals surface area contributed by atoms with Gasteiger partial charge in [0.2, 0.25) is 0 Å².